The van der Waals surface area contributed by atoms with Crippen molar-refractivity contribution in [2.24, 2.45) is 16.9 Å². The van der Waals surface area contributed by atoms with Crippen LogP contribution in [0.1, 0.15) is 47.5 Å². The second-order valence-electron chi connectivity index (χ2n) is 5.50. The van der Waals surface area contributed by atoms with Gasteiger partial charge < -0.3 is 4.90 Å². The molecule has 0 aliphatic carbocycles. The molecule has 0 spiro atoms. The van der Waals surface area contributed by atoms with E-state index in [0.29, 0.717) is 18.0 Å². The Kier molecular flexibility index (Phi) is 5.10. The molecule has 0 saturated carbocycles. The van der Waals surface area contributed by atoms with E-state index < -0.39 is 0 Å². The van der Waals surface area contributed by atoms with Crippen molar-refractivity contribution < 1.29 is 0 Å². The van der Waals surface area contributed by atoms with Gasteiger partial charge in [-0.15, -0.1) is 0 Å². The van der Waals surface area contributed by atoms with Gasteiger partial charge >= 0.3 is 0 Å². The highest BCUT2D eigenvalue weighted by molar-refractivity contribution is 5.57. The summed E-state index contributed by atoms with van der Waals surface area (Å²) in [4.78, 5) is 2.39. The number of rotatable bonds is 6. The van der Waals surface area contributed by atoms with Gasteiger partial charge in [0.2, 0.25) is 0 Å². The molecule has 0 fully saturated rings. The highest BCUT2D eigenvalue weighted by Gasteiger charge is 2.30. The first-order valence-electron chi connectivity index (χ1n) is 6.62. The average molecular weight is 225 g/mol. The molecule has 0 bridgehead atoms. The highest BCUT2D eigenvalue weighted by Crippen LogP contribution is 2.21. The van der Waals surface area contributed by atoms with E-state index in [1.165, 1.54) is 12.8 Å². The monoisotopic (exact) mass is 225 g/mol. The third-order valence-corrected chi connectivity index (χ3v) is 2.91. The number of nitrogens with zero attached hydrogens (tertiary/aromatic N) is 3. The van der Waals surface area contributed by atoms with E-state index >= 15 is 0 Å². The minimum atomic E-state index is 0.467. The van der Waals surface area contributed by atoms with E-state index in [2.05, 4.69) is 49.6 Å². The fraction of sp³-hybridized carbons (Fsp3) is 0.923. The molecular formula is C13H27N3. The molecule has 16 heavy (non-hydrogen) atoms. The molecule has 1 aliphatic rings. The zero-order valence-corrected chi connectivity index (χ0v) is 11.5. The van der Waals surface area contributed by atoms with Gasteiger partial charge in [0, 0.05) is 13.1 Å². The topological polar surface area (TPSA) is 18.8 Å². The molecule has 0 saturated heterocycles. The summed E-state index contributed by atoms with van der Waals surface area (Å²) < 4.78 is 0. The molecule has 0 amide bonds. The highest BCUT2D eigenvalue weighted by atomic mass is 15.6. The summed E-state index contributed by atoms with van der Waals surface area (Å²) in [5.41, 5.74) is 0. The zero-order chi connectivity index (χ0) is 12.1. The molecule has 3 nitrogen and oxygen atoms in total. The van der Waals surface area contributed by atoms with Crippen LogP contribution < -0.4 is 0 Å². The van der Waals surface area contributed by atoms with E-state index in [1.807, 2.05) is 6.34 Å². The van der Waals surface area contributed by atoms with Gasteiger partial charge in [-0.2, -0.15) is 5.10 Å². The lowest BCUT2D eigenvalue weighted by atomic mass is 10.1. The maximum Gasteiger partial charge on any atom is 0.121 e. The molecule has 0 aromatic heterocycles. The van der Waals surface area contributed by atoms with Gasteiger partial charge in [-0.3, -0.25) is 5.01 Å². The van der Waals surface area contributed by atoms with Gasteiger partial charge in [-0.05, 0) is 18.3 Å². The molecule has 1 unspecified atom stereocenters. The van der Waals surface area contributed by atoms with Gasteiger partial charge in [-0.25, -0.2) is 0 Å². The Bertz CT molecular complexity index is 223. The lowest BCUT2D eigenvalue weighted by Crippen LogP contribution is -2.45. The van der Waals surface area contributed by atoms with Crippen molar-refractivity contribution in [1.82, 2.24) is 9.91 Å². The van der Waals surface area contributed by atoms with Crippen LogP contribution in [0.25, 0.3) is 0 Å². The Morgan fingerprint density at radius 3 is 2.44 bits per heavy atom. The predicted octanol–water partition coefficient (Wildman–Crippen LogP) is 2.99. The third kappa shape index (κ3) is 3.39. The van der Waals surface area contributed by atoms with Gasteiger partial charge in [0.15, 0.2) is 0 Å². The lowest BCUT2D eigenvalue weighted by molar-refractivity contribution is 0.0817. The Balaban J connectivity index is 2.58. The molecular weight excluding hydrogens is 198 g/mol. The summed E-state index contributed by atoms with van der Waals surface area (Å²) in [7, 11) is 0. The van der Waals surface area contributed by atoms with Crippen LogP contribution in [-0.2, 0) is 0 Å². The SMILES string of the molecule is CCCCN1N=CN(CC(C)C)C1C(C)C. The first-order chi connectivity index (χ1) is 7.56. The van der Waals surface area contributed by atoms with Crippen molar-refractivity contribution >= 4 is 6.34 Å². The van der Waals surface area contributed by atoms with Crippen LogP contribution in [0.2, 0.25) is 0 Å². The predicted molar refractivity (Wildman–Crippen MR) is 70.3 cm³/mol. The molecule has 1 heterocycles. The van der Waals surface area contributed by atoms with Crippen molar-refractivity contribution in [1.29, 1.82) is 0 Å². The summed E-state index contributed by atoms with van der Waals surface area (Å²) in [5, 5.41) is 6.81. The molecule has 1 rings (SSSR count). The summed E-state index contributed by atoms with van der Waals surface area (Å²) >= 11 is 0. The summed E-state index contributed by atoms with van der Waals surface area (Å²) in [5.74, 6) is 1.32. The van der Waals surface area contributed by atoms with Crippen molar-refractivity contribution in [2.75, 3.05) is 13.1 Å². The molecule has 94 valence electrons. The van der Waals surface area contributed by atoms with E-state index in [4.69, 9.17) is 0 Å². The molecule has 0 aromatic carbocycles. The molecule has 0 aromatic rings. The Hall–Kier alpha value is -0.730. The van der Waals surface area contributed by atoms with Crippen molar-refractivity contribution in [3.63, 3.8) is 0 Å². The van der Waals surface area contributed by atoms with Crippen molar-refractivity contribution in [2.45, 2.75) is 53.6 Å². The molecule has 1 atom stereocenters. The first-order valence-corrected chi connectivity index (χ1v) is 6.62. The Morgan fingerprint density at radius 2 is 1.94 bits per heavy atom. The van der Waals surface area contributed by atoms with Gasteiger partial charge in [0.1, 0.15) is 12.5 Å². The van der Waals surface area contributed by atoms with Crippen LogP contribution in [0.15, 0.2) is 5.10 Å². The summed E-state index contributed by atoms with van der Waals surface area (Å²) in [6, 6.07) is 0. The third-order valence-electron chi connectivity index (χ3n) is 2.91. The number of hydrogen-bond acceptors (Lipinski definition) is 3. The number of hydrogen-bond donors (Lipinski definition) is 0. The molecule has 0 radical (unpaired) electrons. The number of unbranched alkanes of at least 4 members (excludes halogenated alkanes) is 1. The molecule has 0 N–H and O–H groups in total. The molecule has 1 aliphatic heterocycles. The maximum absolute atomic E-state index is 4.54. The maximum atomic E-state index is 4.54. The number of hydrazone groups is 1. The van der Waals surface area contributed by atoms with Crippen molar-refractivity contribution in [3.8, 4) is 0 Å². The van der Waals surface area contributed by atoms with Gasteiger partial charge in [-0.1, -0.05) is 41.0 Å². The Labute approximate surface area is 100 Å². The van der Waals surface area contributed by atoms with E-state index in [1.54, 1.807) is 0 Å². The van der Waals surface area contributed by atoms with Gasteiger partial charge in [0.05, 0.1) is 0 Å². The quantitative estimate of drug-likeness (QED) is 0.692. The standard InChI is InChI=1S/C13H27N3/c1-6-7-8-16-13(12(4)5)15(10-14-16)9-11(2)3/h10-13H,6-9H2,1-5H3. The van der Waals surface area contributed by atoms with Gasteiger partial charge in [0.25, 0.3) is 0 Å². The summed E-state index contributed by atoms with van der Waals surface area (Å²) in [6.07, 6.45) is 4.96. The largest absolute Gasteiger partial charge is 0.339 e. The van der Waals surface area contributed by atoms with E-state index in [9.17, 15) is 0 Å². The minimum Gasteiger partial charge on any atom is -0.339 e. The van der Waals surface area contributed by atoms with Crippen LogP contribution in [-0.4, -0.2) is 35.5 Å². The fourth-order valence-electron chi connectivity index (χ4n) is 2.25. The van der Waals surface area contributed by atoms with Crippen molar-refractivity contribution in [3.05, 3.63) is 0 Å². The van der Waals surface area contributed by atoms with Crippen LogP contribution in [0.4, 0.5) is 0 Å². The van der Waals surface area contributed by atoms with Crippen LogP contribution in [0.5, 0.6) is 0 Å². The minimum absolute atomic E-state index is 0.467. The summed E-state index contributed by atoms with van der Waals surface area (Å²) in [6.45, 7) is 13.5. The average Bonchev–Trinajstić information content (AvgIpc) is 2.56. The first kappa shape index (κ1) is 13.3. The normalized spacial score (nSPS) is 20.6. The lowest BCUT2D eigenvalue weighted by Gasteiger charge is -2.34. The Morgan fingerprint density at radius 1 is 1.25 bits per heavy atom. The van der Waals surface area contributed by atoms with Crippen LogP contribution >= 0.6 is 0 Å². The van der Waals surface area contributed by atoms with Crippen LogP contribution in [0, 0.1) is 11.8 Å². The molecule has 3 heteroatoms. The zero-order valence-electron chi connectivity index (χ0n) is 11.5. The fourth-order valence-corrected chi connectivity index (χ4v) is 2.25. The van der Waals surface area contributed by atoms with Crippen LogP contribution in [0.3, 0.4) is 0 Å². The second kappa shape index (κ2) is 6.12. The smallest absolute Gasteiger partial charge is 0.121 e. The van der Waals surface area contributed by atoms with E-state index in [0.717, 1.165) is 13.1 Å². The van der Waals surface area contributed by atoms with E-state index in [-0.39, 0.29) is 0 Å². The second-order valence-corrected chi connectivity index (χ2v) is 5.50.